The number of hydrogen-bond acceptors (Lipinski definition) is 4. The first-order chi connectivity index (χ1) is 9.76. The third-order valence-electron chi connectivity index (χ3n) is 4.36. The first-order valence-electron chi connectivity index (χ1n) is 8.11. The summed E-state index contributed by atoms with van der Waals surface area (Å²) in [6.45, 7) is 4.45. The molecule has 1 saturated carbocycles. The lowest BCUT2D eigenvalue weighted by Crippen LogP contribution is -2.18. The number of nitrogen functional groups attached to an aromatic ring is 1. The van der Waals surface area contributed by atoms with Crippen molar-refractivity contribution in [2.24, 2.45) is 11.8 Å². The summed E-state index contributed by atoms with van der Waals surface area (Å²) in [6, 6.07) is 1.97. The Morgan fingerprint density at radius 2 is 1.90 bits per heavy atom. The van der Waals surface area contributed by atoms with Gasteiger partial charge in [-0.25, -0.2) is 15.8 Å². The minimum absolute atomic E-state index is 0.520. The van der Waals surface area contributed by atoms with E-state index in [9.17, 15) is 0 Å². The van der Waals surface area contributed by atoms with Crippen molar-refractivity contribution in [1.29, 1.82) is 0 Å². The molecule has 1 aromatic heterocycles. The SMILES string of the molecule is CCCc1cc(NN)nc(C2CCC(CCC)CC2)n1. The Labute approximate surface area is 122 Å². The predicted molar refractivity (Wildman–Crippen MR) is 83.4 cm³/mol. The third-order valence-corrected chi connectivity index (χ3v) is 4.36. The average Bonchev–Trinajstić information content (AvgIpc) is 2.48. The van der Waals surface area contributed by atoms with Gasteiger partial charge in [0, 0.05) is 17.7 Å². The second-order valence-electron chi connectivity index (χ2n) is 6.00. The molecule has 2 rings (SSSR count). The summed E-state index contributed by atoms with van der Waals surface area (Å²) in [4.78, 5) is 9.34. The van der Waals surface area contributed by atoms with Crippen LogP contribution in [0.5, 0.6) is 0 Å². The van der Waals surface area contributed by atoms with Gasteiger partial charge in [-0.2, -0.15) is 0 Å². The van der Waals surface area contributed by atoms with Crippen LogP contribution in [0.2, 0.25) is 0 Å². The molecule has 0 radical (unpaired) electrons. The molecule has 0 bridgehead atoms. The van der Waals surface area contributed by atoms with Crippen molar-refractivity contribution in [3.63, 3.8) is 0 Å². The van der Waals surface area contributed by atoms with Crippen LogP contribution in [-0.4, -0.2) is 9.97 Å². The number of anilines is 1. The third kappa shape index (κ3) is 3.92. The Bertz CT molecular complexity index is 411. The molecule has 1 fully saturated rings. The highest BCUT2D eigenvalue weighted by atomic mass is 15.3. The van der Waals surface area contributed by atoms with E-state index in [1.807, 2.05) is 6.07 Å². The molecule has 0 spiro atoms. The summed E-state index contributed by atoms with van der Waals surface area (Å²) in [5.41, 5.74) is 3.80. The van der Waals surface area contributed by atoms with Gasteiger partial charge in [0.15, 0.2) is 0 Å². The van der Waals surface area contributed by atoms with Gasteiger partial charge in [-0.05, 0) is 38.0 Å². The summed E-state index contributed by atoms with van der Waals surface area (Å²) in [6.07, 6.45) is 9.88. The summed E-state index contributed by atoms with van der Waals surface area (Å²) >= 11 is 0. The van der Waals surface area contributed by atoms with Gasteiger partial charge in [-0.15, -0.1) is 0 Å². The lowest BCUT2D eigenvalue weighted by molar-refractivity contribution is 0.302. The van der Waals surface area contributed by atoms with E-state index in [-0.39, 0.29) is 0 Å². The summed E-state index contributed by atoms with van der Waals surface area (Å²) in [7, 11) is 0. The van der Waals surface area contributed by atoms with Gasteiger partial charge in [-0.1, -0.05) is 33.1 Å². The van der Waals surface area contributed by atoms with Crippen LogP contribution >= 0.6 is 0 Å². The van der Waals surface area contributed by atoms with E-state index in [2.05, 4.69) is 24.3 Å². The minimum Gasteiger partial charge on any atom is -0.308 e. The molecule has 0 saturated heterocycles. The number of rotatable bonds is 6. The van der Waals surface area contributed by atoms with Crippen molar-refractivity contribution in [3.05, 3.63) is 17.6 Å². The van der Waals surface area contributed by atoms with Gasteiger partial charge in [0.25, 0.3) is 0 Å². The van der Waals surface area contributed by atoms with Crippen LogP contribution in [0, 0.1) is 5.92 Å². The predicted octanol–water partition coefficient (Wildman–Crippen LogP) is 3.79. The minimum atomic E-state index is 0.520. The zero-order chi connectivity index (χ0) is 14.4. The molecule has 1 aliphatic rings. The molecular weight excluding hydrogens is 248 g/mol. The van der Waals surface area contributed by atoms with Gasteiger partial charge in [-0.3, -0.25) is 0 Å². The normalized spacial score (nSPS) is 22.8. The van der Waals surface area contributed by atoms with Crippen molar-refractivity contribution in [2.45, 2.75) is 71.1 Å². The van der Waals surface area contributed by atoms with E-state index in [0.717, 1.165) is 36.1 Å². The molecule has 1 aliphatic carbocycles. The number of nitrogens with two attached hydrogens (primary N) is 1. The van der Waals surface area contributed by atoms with E-state index in [1.54, 1.807) is 0 Å². The molecule has 0 aliphatic heterocycles. The number of hydrogen-bond donors (Lipinski definition) is 2. The maximum Gasteiger partial charge on any atom is 0.143 e. The Morgan fingerprint density at radius 3 is 2.50 bits per heavy atom. The number of nitrogens with zero attached hydrogens (tertiary/aromatic N) is 2. The molecule has 3 N–H and O–H groups in total. The van der Waals surface area contributed by atoms with Crippen LogP contribution < -0.4 is 11.3 Å². The van der Waals surface area contributed by atoms with Crippen molar-refractivity contribution in [2.75, 3.05) is 5.43 Å². The lowest BCUT2D eigenvalue weighted by Gasteiger charge is -2.27. The molecule has 0 atom stereocenters. The molecule has 20 heavy (non-hydrogen) atoms. The highest BCUT2D eigenvalue weighted by Crippen LogP contribution is 2.36. The highest BCUT2D eigenvalue weighted by Gasteiger charge is 2.24. The fourth-order valence-electron chi connectivity index (χ4n) is 3.28. The quantitative estimate of drug-likeness (QED) is 0.613. The number of nitrogens with one attached hydrogen (secondary N) is 1. The van der Waals surface area contributed by atoms with Crippen LogP contribution in [0.25, 0.3) is 0 Å². The van der Waals surface area contributed by atoms with Crippen molar-refractivity contribution < 1.29 is 0 Å². The Morgan fingerprint density at radius 1 is 1.15 bits per heavy atom. The summed E-state index contributed by atoms with van der Waals surface area (Å²) in [5, 5.41) is 0. The zero-order valence-corrected chi connectivity index (χ0v) is 12.9. The Balaban J connectivity index is 2.06. The summed E-state index contributed by atoms with van der Waals surface area (Å²) < 4.78 is 0. The van der Waals surface area contributed by atoms with Crippen LogP contribution in [0.1, 0.15) is 76.2 Å². The second kappa shape index (κ2) is 7.58. The second-order valence-corrected chi connectivity index (χ2v) is 6.00. The van der Waals surface area contributed by atoms with Gasteiger partial charge < -0.3 is 5.43 Å². The van der Waals surface area contributed by atoms with Crippen LogP contribution in [0.15, 0.2) is 6.07 Å². The first-order valence-corrected chi connectivity index (χ1v) is 8.11. The Kier molecular flexibility index (Phi) is 5.77. The molecule has 0 aromatic carbocycles. The van der Waals surface area contributed by atoms with E-state index >= 15 is 0 Å². The molecule has 1 aromatic rings. The maximum atomic E-state index is 5.53. The zero-order valence-electron chi connectivity index (χ0n) is 12.9. The monoisotopic (exact) mass is 276 g/mol. The summed E-state index contributed by atoms with van der Waals surface area (Å²) in [5.74, 6) is 8.73. The van der Waals surface area contributed by atoms with Crippen molar-refractivity contribution >= 4 is 5.82 Å². The smallest absolute Gasteiger partial charge is 0.143 e. The maximum absolute atomic E-state index is 5.53. The van der Waals surface area contributed by atoms with Gasteiger partial charge in [0.05, 0.1) is 0 Å². The molecule has 4 nitrogen and oxygen atoms in total. The first kappa shape index (κ1) is 15.2. The largest absolute Gasteiger partial charge is 0.308 e. The highest BCUT2D eigenvalue weighted by molar-refractivity contribution is 5.35. The van der Waals surface area contributed by atoms with Gasteiger partial charge in [0.2, 0.25) is 0 Å². The number of hydrazine groups is 1. The fourth-order valence-corrected chi connectivity index (χ4v) is 3.28. The Hall–Kier alpha value is -1.16. The standard InChI is InChI=1S/C16H28N4/c1-3-5-12-7-9-13(10-8-12)16-18-14(6-4-2)11-15(19-16)20-17/h11-13H,3-10,17H2,1-2H3,(H,18,19,20). The molecule has 112 valence electrons. The lowest BCUT2D eigenvalue weighted by atomic mass is 9.80. The van der Waals surface area contributed by atoms with Crippen molar-refractivity contribution in [3.8, 4) is 0 Å². The number of aromatic nitrogens is 2. The number of aryl methyl sites for hydroxylation is 1. The van der Waals surface area contributed by atoms with Gasteiger partial charge in [0.1, 0.15) is 11.6 Å². The van der Waals surface area contributed by atoms with Crippen LogP contribution in [-0.2, 0) is 6.42 Å². The van der Waals surface area contributed by atoms with Crippen LogP contribution in [0.3, 0.4) is 0 Å². The topological polar surface area (TPSA) is 63.8 Å². The van der Waals surface area contributed by atoms with Gasteiger partial charge >= 0.3 is 0 Å². The van der Waals surface area contributed by atoms with E-state index < -0.39 is 0 Å². The molecule has 0 unspecified atom stereocenters. The van der Waals surface area contributed by atoms with E-state index in [4.69, 9.17) is 10.8 Å². The van der Waals surface area contributed by atoms with Crippen LogP contribution in [0.4, 0.5) is 5.82 Å². The fraction of sp³-hybridized carbons (Fsp3) is 0.750. The molecular formula is C16H28N4. The molecule has 1 heterocycles. The molecule has 4 heteroatoms. The van der Waals surface area contributed by atoms with E-state index in [0.29, 0.717) is 5.92 Å². The average molecular weight is 276 g/mol. The van der Waals surface area contributed by atoms with Crippen molar-refractivity contribution in [1.82, 2.24) is 9.97 Å². The molecule has 0 amide bonds. The van der Waals surface area contributed by atoms with E-state index in [1.165, 1.54) is 38.5 Å².